The lowest BCUT2D eigenvalue weighted by molar-refractivity contribution is -0.134. The lowest BCUT2D eigenvalue weighted by Crippen LogP contribution is -2.31. The SMILES string of the molecule is CCOc1ccc(C(C)(O)C(C)=O)c(F)c1F. The van der Waals surface area contributed by atoms with Crippen molar-refractivity contribution < 1.29 is 23.4 Å². The Morgan fingerprint density at radius 3 is 2.47 bits per heavy atom. The second kappa shape index (κ2) is 4.79. The predicted octanol–water partition coefficient (Wildman–Crippen LogP) is 2.16. The molecule has 17 heavy (non-hydrogen) atoms. The fourth-order valence-corrected chi connectivity index (χ4v) is 1.36. The van der Waals surface area contributed by atoms with Crippen LogP contribution in [0.4, 0.5) is 8.78 Å². The molecule has 0 heterocycles. The van der Waals surface area contributed by atoms with Crippen molar-refractivity contribution in [1.29, 1.82) is 0 Å². The molecule has 1 unspecified atom stereocenters. The van der Waals surface area contributed by atoms with E-state index in [1.165, 1.54) is 6.07 Å². The van der Waals surface area contributed by atoms with Crippen LogP contribution in [0.1, 0.15) is 26.3 Å². The first-order valence-corrected chi connectivity index (χ1v) is 5.17. The number of rotatable bonds is 4. The molecule has 0 bridgehead atoms. The van der Waals surface area contributed by atoms with E-state index >= 15 is 0 Å². The van der Waals surface area contributed by atoms with Crippen molar-refractivity contribution >= 4 is 5.78 Å². The molecular formula is C12H14F2O3. The van der Waals surface area contributed by atoms with Crippen LogP contribution in [0, 0.1) is 11.6 Å². The number of carbonyl (C=O) groups is 1. The Morgan fingerprint density at radius 1 is 1.41 bits per heavy atom. The van der Waals surface area contributed by atoms with Gasteiger partial charge in [0.2, 0.25) is 5.82 Å². The fourth-order valence-electron chi connectivity index (χ4n) is 1.36. The summed E-state index contributed by atoms with van der Waals surface area (Å²) in [5, 5.41) is 9.79. The van der Waals surface area contributed by atoms with Crippen LogP contribution >= 0.6 is 0 Å². The van der Waals surface area contributed by atoms with E-state index in [-0.39, 0.29) is 12.4 Å². The van der Waals surface area contributed by atoms with Gasteiger partial charge in [0.25, 0.3) is 0 Å². The molecule has 0 fully saturated rings. The molecule has 5 heteroatoms. The molecule has 1 aromatic carbocycles. The van der Waals surface area contributed by atoms with Gasteiger partial charge in [-0.2, -0.15) is 4.39 Å². The maximum Gasteiger partial charge on any atom is 0.201 e. The number of aliphatic hydroxyl groups is 1. The summed E-state index contributed by atoms with van der Waals surface area (Å²) in [6, 6.07) is 2.33. The van der Waals surface area contributed by atoms with Crippen molar-refractivity contribution in [3.63, 3.8) is 0 Å². The molecule has 1 rings (SSSR count). The lowest BCUT2D eigenvalue weighted by atomic mass is 9.91. The van der Waals surface area contributed by atoms with Gasteiger partial charge < -0.3 is 9.84 Å². The summed E-state index contributed by atoms with van der Waals surface area (Å²) < 4.78 is 32.1. The minimum atomic E-state index is -2.05. The number of hydrogen-bond acceptors (Lipinski definition) is 3. The molecule has 0 aromatic heterocycles. The van der Waals surface area contributed by atoms with Crippen molar-refractivity contribution in [2.45, 2.75) is 26.4 Å². The second-order valence-electron chi connectivity index (χ2n) is 3.80. The summed E-state index contributed by atoms with van der Waals surface area (Å²) in [6.07, 6.45) is 0. The molecule has 0 saturated carbocycles. The zero-order chi connectivity index (χ0) is 13.2. The molecule has 0 aliphatic rings. The largest absolute Gasteiger partial charge is 0.491 e. The molecule has 94 valence electrons. The van der Waals surface area contributed by atoms with Crippen molar-refractivity contribution in [2.75, 3.05) is 6.61 Å². The van der Waals surface area contributed by atoms with E-state index in [9.17, 15) is 18.7 Å². The first-order valence-electron chi connectivity index (χ1n) is 5.17. The van der Waals surface area contributed by atoms with E-state index in [1.807, 2.05) is 0 Å². The Labute approximate surface area is 98.0 Å². The highest BCUT2D eigenvalue weighted by molar-refractivity contribution is 5.85. The number of halogens is 2. The monoisotopic (exact) mass is 244 g/mol. The average Bonchev–Trinajstić information content (AvgIpc) is 2.24. The third-order valence-corrected chi connectivity index (χ3v) is 2.56. The highest BCUT2D eigenvalue weighted by Crippen LogP contribution is 2.30. The smallest absolute Gasteiger partial charge is 0.201 e. The highest BCUT2D eigenvalue weighted by Gasteiger charge is 2.33. The summed E-state index contributed by atoms with van der Waals surface area (Å²) in [5.41, 5.74) is -2.44. The second-order valence-corrected chi connectivity index (χ2v) is 3.80. The Balaban J connectivity index is 3.30. The van der Waals surface area contributed by atoms with Crippen LogP contribution in [0.2, 0.25) is 0 Å². The molecular weight excluding hydrogens is 230 g/mol. The predicted molar refractivity (Wildman–Crippen MR) is 57.8 cm³/mol. The van der Waals surface area contributed by atoms with Gasteiger partial charge in [-0.05, 0) is 32.9 Å². The first kappa shape index (κ1) is 13.6. The maximum absolute atomic E-state index is 13.7. The Bertz CT molecular complexity index is 442. The van der Waals surface area contributed by atoms with Crippen molar-refractivity contribution in [3.05, 3.63) is 29.3 Å². The summed E-state index contributed by atoms with van der Waals surface area (Å²) >= 11 is 0. The minimum absolute atomic E-state index is 0.193. The van der Waals surface area contributed by atoms with Gasteiger partial charge in [-0.15, -0.1) is 0 Å². The van der Waals surface area contributed by atoms with Crippen LogP contribution in [0.15, 0.2) is 12.1 Å². The van der Waals surface area contributed by atoms with Crippen LogP contribution in [-0.4, -0.2) is 17.5 Å². The van der Waals surface area contributed by atoms with Gasteiger partial charge in [-0.3, -0.25) is 4.79 Å². The topological polar surface area (TPSA) is 46.5 Å². The molecule has 1 N–H and O–H groups in total. The van der Waals surface area contributed by atoms with E-state index in [0.717, 1.165) is 19.9 Å². The number of Topliss-reactive ketones (excluding diaryl/α,β-unsaturated/α-hetero) is 1. The normalized spacial score (nSPS) is 14.2. The Kier molecular flexibility index (Phi) is 3.83. The van der Waals surface area contributed by atoms with E-state index in [1.54, 1.807) is 6.92 Å². The summed E-state index contributed by atoms with van der Waals surface area (Å²) in [4.78, 5) is 11.2. The van der Waals surface area contributed by atoms with Gasteiger partial charge in [0.1, 0.15) is 5.60 Å². The number of benzene rings is 1. The third-order valence-electron chi connectivity index (χ3n) is 2.56. The van der Waals surface area contributed by atoms with Crippen LogP contribution in [0.5, 0.6) is 5.75 Å². The first-order chi connectivity index (χ1) is 7.82. The van der Waals surface area contributed by atoms with Crippen LogP contribution in [-0.2, 0) is 10.4 Å². The molecule has 0 aliphatic heterocycles. The number of ether oxygens (including phenoxy) is 1. The fraction of sp³-hybridized carbons (Fsp3) is 0.417. The van der Waals surface area contributed by atoms with Gasteiger partial charge in [0.15, 0.2) is 17.3 Å². The zero-order valence-corrected chi connectivity index (χ0v) is 9.88. The zero-order valence-electron chi connectivity index (χ0n) is 9.88. The molecule has 0 spiro atoms. The molecule has 1 atom stereocenters. The lowest BCUT2D eigenvalue weighted by Gasteiger charge is -2.21. The van der Waals surface area contributed by atoms with Crippen LogP contribution in [0.25, 0.3) is 0 Å². The standard InChI is InChI=1S/C12H14F2O3/c1-4-17-9-6-5-8(10(13)11(9)14)12(3,16)7(2)15/h5-6,16H,4H2,1-3H3. The van der Waals surface area contributed by atoms with Gasteiger partial charge in [-0.25, -0.2) is 4.39 Å². The summed E-state index contributed by atoms with van der Waals surface area (Å²) in [6.45, 7) is 4.05. The van der Waals surface area contributed by atoms with Crippen molar-refractivity contribution in [1.82, 2.24) is 0 Å². The van der Waals surface area contributed by atoms with E-state index in [2.05, 4.69) is 0 Å². The average molecular weight is 244 g/mol. The number of carbonyl (C=O) groups excluding carboxylic acids is 1. The number of hydrogen-bond donors (Lipinski definition) is 1. The molecule has 0 aliphatic carbocycles. The minimum Gasteiger partial charge on any atom is -0.491 e. The van der Waals surface area contributed by atoms with Crippen LogP contribution < -0.4 is 4.74 Å². The van der Waals surface area contributed by atoms with Crippen LogP contribution in [0.3, 0.4) is 0 Å². The molecule has 1 aromatic rings. The van der Waals surface area contributed by atoms with Gasteiger partial charge in [0.05, 0.1) is 6.61 Å². The molecule has 0 amide bonds. The van der Waals surface area contributed by atoms with Crippen molar-refractivity contribution in [2.24, 2.45) is 0 Å². The summed E-state index contributed by atoms with van der Waals surface area (Å²) in [5.74, 6) is -3.38. The third kappa shape index (κ3) is 2.44. The molecule has 0 saturated heterocycles. The van der Waals surface area contributed by atoms with E-state index in [4.69, 9.17) is 4.74 Å². The number of ketones is 1. The molecule has 3 nitrogen and oxygen atoms in total. The highest BCUT2D eigenvalue weighted by atomic mass is 19.2. The van der Waals surface area contributed by atoms with E-state index < -0.39 is 28.6 Å². The Morgan fingerprint density at radius 2 is 2.00 bits per heavy atom. The van der Waals surface area contributed by atoms with Gasteiger partial charge >= 0.3 is 0 Å². The van der Waals surface area contributed by atoms with Gasteiger partial charge in [0, 0.05) is 5.56 Å². The van der Waals surface area contributed by atoms with Crippen molar-refractivity contribution in [3.8, 4) is 5.75 Å². The summed E-state index contributed by atoms with van der Waals surface area (Å²) in [7, 11) is 0. The molecule has 0 radical (unpaired) electrons. The van der Waals surface area contributed by atoms with E-state index in [0.29, 0.717) is 0 Å². The maximum atomic E-state index is 13.7. The van der Waals surface area contributed by atoms with Gasteiger partial charge in [-0.1, -0.05) is 0 Å². The quantitative estimate of drug-likeness (QED) is 0.882. The Hall–Kier alpha value is -1.49.